The molecule has 2 aliphatic carbocycles. The fourth-order valence-corrected chi connectivity index (χ4v) is 2.51. The third-order valence-electron chi connectivity index (χ3n) is 4.15. The largest absolute Gasteiger partial charge is 0.337 e. The smallest absolute Gasteiger partial charge is 0.243 e. The van der Waals surface area contributed by atoms with E-state index in [-0.39, 0.29) is 5.91 Å². The molecule has 0 radical (unpaired) electrons. The van der Waals surface area contributed by atoms with Gasteiger partial charge in [-0.25, -0.2) is 4.98 Å². The van der Waals surface area contributed by atoms with Gasteiger partial charge in [-0.1, -0.05) is 0 Å². The number of hydrogen-bond donors (Lipinski definition) is 1. The summed E-state index contributed by atoms with van der Waals surface area (Å²) in [7, 11) is 1.96. The third kappa shape index (κ3) is 1.92. The fourth-order valence-electron chi connectivity index (χ4n) is 2.51. The predicted octanol–water partition coefficient (Wildman–Crippen LogP) is 0.792. The average molecular weight is 248 g/mol. The second-order valence-corrected chi connectivity index (χ2v) is 5.63. The Kier molecular flexibility index (Phi) is 2.66. The lowest BCUT2D eigenvalue weighted by molar-refractivity contribution is -0.141. The Morgan fingerprint density at radius 2 is 2.33 bits per heavy atom. The van der Waals surface area contributed by atoms with Crippen LogP contribution in [0.25, 0.3) is 0 Å². The summed E-state index contributed by atoms with van der Waals surface area (Å²) in [6.07, 6.45) is 8.62. The molecule has 0 spiro atoms. The summed E-state index contributed by atoms with van der Waals surface area (Å²) in [4.78, 5) is 18.8. The van der Waals surface area contributed by atoms with Crippen molar-refractivity contribution in [1.82, 2.24) is 14.5 Å². The minimum absolute atomic E-state index is 0.124. The summed E-state index contributed by atoms with van der Waals surface area (Å²) in [6.45, 7) is 0.589. The normalized spacial score (nSPS) is 21.4. The van der Waals surface area contributed by atoms with Crippen molar-refractivity contribution in [3.8, 4) is 0 Å². The third-order valence-corrected chi connectivity index (χ3v) is 4.15. The van der Waals surface area contributed by atoms with Gasteiger partial charge < -0.3 is 15.2 Å². The zero-order valence-electron chi connectivity index (χ0n) is 10.8. The molecule has 2 N–H and O–H groups in total. The number of aryl methyl sites for hydroxylation is 1. The Balaban J connectivity index is 1.76. The molecule has 1 aromatic rings. The van der Waals surface area contributed by atoms with Gasteiger partial charge in [0.25, 0.3) is 0 Å². The van der Waals surface area contributed by atoms with Crippen LogP contribution in [0.15, 0.2) is 12.4 Å². The van der Waals surface area contributed by atoms with Gasteiger partial charge in [0.15, 0.2) is 0 Å². The Hall–Kier alpha value is -1.36. The number of hydrogen-bond acceptors (Lipinski definition) is 3. The number of carbonyl (C=O) groups is 1. The second-order valence-electron chi connectivity index (χ2n) is 5.63. The number of rotatable bonds is 4. The first-order valence-corrected chi connectivity index (χ1v) is 6.66. The minimum Gasteiger partial charge on any atom is -0.337 e. The molecule has 98 valence electrons. The lowest BCUT2D eigenvalue weighted by Gasteiger charge is -2.40. The molecule has 0 saturated heterocycles. The maximum atomic E-state index is 12.5. The van der Waals surface area contributed by atoms with Crippen LogP contribution in [0.4, 0.5) is 0 Å². The molecule has 5 nitrogen and oxygen atoms in total. The highest BCUT2D eigenvalue weighted by atomic mass is 16.2. The molecule has 18 heavy (non-hydrogen) atoms. The summed E-state index contributed by atoms with van der Waals surface area (Å²) in [5.74, 6) is 1.05. The van der Waals surface area contributed by atoms with Crippen LogP contribution in [0.1, 0.15) is 37.9 Å². The summed E-state index contributed by atoms with van der Waals surface area (Å²) >= 11 is 0. The van der Waals surface area contributed by atoms with Crippen LogP contribution in [-0.2, 0) is 18.4 Å². The first-order valence-electron chi connectivity index (χ1n) is 6.66. The summed E-state index contributed by atoms with van der Waals surface area (Å²) in [5, 5.41) is 0. The van der Waals surface area contributed by atoms with Gasteiger partial charge in [-0.3, -0.25) is 4.79 Å². The van der Waals surface area contributed by atoms with Gasteiger partial charge in [0.2, 0.25) is 5.91 Å². The molecule has 2 saturated carbocycles. The highest BCUT2D eigenvalue weighted by molar-refractivity contribution is 5.87. The second kappa shape index (κ2) is 4.09. The molecule has 3 rings (SSSR count). The molecule has 0 unspecified atom stereocenters. The van der Waals surface area contributed by atoms with E-state index < -0.39 is 5.54 Å². The van der Waals surface area contributed by atoms with E-state index in [2.05, 4.69) is 4.98 Å². The average Bonchev–Trinajstić information content (AvgIpc) is 3.07. The van der Waals surface area contributed by atoms with Gasteiger partial charge >= 0.3 is 0 Å². The van der Waals surface area contributed by atoms with E-state index in [1.165, 1.54) is 0 Å². The number of amides is 1. The van der Waals surface area contributed by atoms with Crippen molar-refractivity contribution in [2.24, 2.45) is 12.8 Å². The van der Waals surface area contributed by atoms with Crippen LogP contribution in [0, 0.1) is 0 Å². The Morgan fingerprint density at radius 1 is 1.61 bits per heavy atom. The van der Waals surface area contributed by atoms with E-state index in [4.69, 9.17) is 5.73 Å². The van der Waals surface area contributed by atoms with Crippen LogP contribution < -0.4 is 5.73 Å². The molecule has 2 aliphatic rings. The SMILES string of the molecule is Cn1ccnc1CN(C(=O)C1(N)CCC1)C1CC1. The first-order chi connectivity index (χ1) is 8.60. The zero-order valence-corrected chi connectivity index (χ0v) is 10.8. The lowest BCUT2D eigenvalue weighted by atomic mass is 9.76. The summed E-state index contributed by atoms with van der Waals surface area (Å²) in [6, 6.07) is 0.384. The number of carbonyl (C=O) groups excluding carboxylic acids is 1. The molecule has 1 aromatic heterocycles. The molecule has 1 heterocycles. The van der Waals surface area contributed by atoms with E-state index in [9.17, 15) is 4.79 Å². The number of nitrogens with two attached hydrogens (primary N) is 1. The molecular weight excluding hydrogens is 228 g/mol. The van der Waals surface area contributed by atoms with Crippen molar-refractivity contribution in [1.29, 1.82) is 0 Å². The summed E-state index contributed by atoms with van der Waals surface area (Å²) < 4.78 is 1.96. The fraction of sp³-hybridized carbons (Fsp3) is 0.692. The van der Waals surface area contributed by atoms with Crippen LogP contribution in [0.2, 0.25) is 0 Å². The first kappa shape index (κ1) is 11.7. The summed E-state index contributed by atoms with van der Waals surface area (Å²) in [5.41, 5.74) is 5.57. The minimum atomic E-state index is -0.590. The van der Waals surface area contributed by atoms with Crippen LogP contribution in [-0.4, -0.2) is 31.9 Å². The van der Waals surface area contributed by atoms with E-state index in [0.717, 1.165) is 37.9 Å². The molecule has 5 heteroatoms. The molecule has 0 bridgehead atoms. The van der Waals surface area contributed by atoms with Gasteiger partial charge in [-0.15, -0.1) is 0 Å². The van der Waals surface area contributed by atoms with Gasteiger partial charge in [-0.2, -0.15) is 0 Å². The van der Waals surface area contributed by atoms with Crippen molar-refractivity contribution in [2.45, 2.75) is 50.2 Å². The Labute approximate surface area is 107 Å². The van der Waals surface area contributed by atoms with Gasteiger partial charge in [0.05, 0.1) is 12.1 Å². The van der Waals surface area contributed by atoms with E-state index in [1.807, 2.05) is 22.7 Å². The van der Waals surface area contributed by atoms with Crippen LogP contribution in [0.3, 0.4) is 0 Å². The maximum Gasteiger partial charge on any atom is 0.243 e. The molecular formula is C13H20N4O. The number of nitrogens with zero attached hydrogens (tertiary/aromatic N) is 3. The molecule has 1 amide bonds. The molecule has 0 aliphatic heterocycles. The molecule has 2 fully saturated rings. The number of aromatic nitrogens is 2. The topological polar surface area (TPSA) is 64.2 Å². The number of imidazole rings is 1. The quantitative estimate of drug-likeness (QED) is 0.857. The van der Waals surface area contributed by atoms with Crippen molar-refractivity contribution in [2.75, 3.05) is 0 Å². The van der Waals surface area contributed by atoms with Crippen molar-refractivity contribution >= 4 is 5.91 Å². The molecule has 0 aromatic carbocycles. The molecule has 0 atom stereocenters. The highest BCUT2D eigenvalue weighted by Gasteiger charge is 2.46. The van der Waals surface area contributed by atoms with E-state index >= 15 is 0 Å². The highest BCUT2D eigenvalue weighted by Crippen LogP contribution is 2.36. The van der Waals surface area contributed by atoms with Gasteiger partial charge in [0, 0.05) is 25.5 Å². The zero-order chi connectivity index (χ0) is 12.8. The van der Waals surface area contributed by atoms with Crippen molar-refractivity contribution in [3.05, 3.63) is 18.2 Å². The van der Waals surface area contributed by atoms with Gasteiger partial charge in [-0.05, 0) is 32.1 Å². The predicted molar refractivity (Wildman–Crippen MR) is 67.5 cm³/mol. The van der Waals surface area contributed by atoms with Crippen LogP contribution in [0.5, 0.6) is 0 Å². The Morgan fingerprint density at radius 3 is 2.78 bits per heavy atom. The Bertz CT molecular complexity index is 459. The lowest BCUT2D eigenvalue weighted by Crippen LogP contribution is -2.59. The maximum absolute atomic E-state index is 12.5. The van der Waals surface area contributed by atoms with E-state index in [0.29, 0.717) is 12.6 Å². The van der Waals surface area contributed by atoms with Gasteiger partial charge in [0.1, 0.15) is 5.82 Å². The van der Waals surface area contributed by atoms with Crippen molar-refractivity contribution in [3.63, 3.8) is 0 Å². The standard InChI is InChI=1S/C13H20N4O/c1-16-8-7-15-11(16)9-17(10-3-4-10)12(18)13(14)5-2-6-13/h7-8,10H,2-6,9,14H2,1H3. The van der Waals surface area contributed by atoms with Crippen LogP contribution >= 0.6 is 0 Å². The monoisotopic (exact) mass is 248 g/mol. The van der Waals surface area contributed by atoms with Crippen molar-refractivity contribution < 1.29 is 4.79 Å². The van der Waals surface area contributed by atoms with E-state index in [1.54, 1.807) is 6.20 Å².